The summed E-state index contributed by atoms with van der Waals surface area (Å²) in [5, 5.41) is 0.601. The van der Waals surface area contributed by atoms with Gasteiger partial charge in [-0.05, 0) is 6.42 Å². The largest absolute Gasteiger partial charge is 0.285 e. The Morgan fingerprint density at radius 3 is 2.56 bits per heavy atom. The zero-order chi connectivity index (χ0) is 6.69. The minimum Gasteiger partial charge on any atom is -0.285 e. The summed E-state index contributed by atoms with van der Waals surface area (Å²) in [7, 11) is 0. The fourth-order valence-electron chi connectivity index (χ4n) is 0.747. The lowest BCUT2D eigenvalue weighted by Crippen LogP contribution is -2.13. The van der Waals surface area contributed by atoms with Crippen molar-refractivity contribution in [3.8, 4) is 0 Å². The highest BCUT2D eigenvalue weighted by Crippen LogP contribution is 2.00. The first-order valence-corrected chi connectivity index (χ1v) is 3.46. The SMILES string of the molecule is CCC1=NCCN=C1Cl. The molecule has 9 heavy (non-hydrogen) atoms. The number of hydrogen-bond donors (Lipinski definition) is 0. The highest BCUT2D eigenvalue weighted by Gasteiger charge is 2.05. The molecule has 1 aliphatic rings. The number of hydrogen-bond acceptors (Lipinski definition) is 2. The van der Waals surface area contributed by atoms with Crippen molar-refractivity contribution in [2.75, 3.05) is 13.1 Å². The maximum Gasteiger partial charge on any atom is 0.144 e. The average Bonchev–Trinajstić information content (AvgIpc) is 1.89. The topological polar surface area (TPSA) is 24.7 Å². The van der Waals surface area contributed by atoms with Gasteiger partial charge in [0, 0.05) is 0 Å². The molecule has 3 heteroatoms. The van der Waals surface area contributed by atoms with Gasteiger partial charge in [0.2, 0.25) is 0 Å². The van der Waals surface area contributed by atoms with Crippen molar-refractivity contribution in [3.05, 3.63) is 0 Å². The van der Waals surface area contributed by atoms with Gasteiger partial charge in [-0.25, -0.2) is 0 Å². The second-order valence-corrected chi connectivity index (χ2v) is 2.21. The van der Waals surface area contributed by atoms with E-state index in [9.17, 15) is 0 Å². The number of rotatable bonds is 1. The van der Waals surface area contributed by atoms with Gasteiger partial charge in [0.15, 0.2) is 0 Å². The summed E-state index contributed by atoms with van der Waals surface area (Å²) in [6.07, 6.45) is 0.891. The van der Waals surface area contributed by atoms with E-state index in [1.165, 1.54) is 0 Å². The quantitative estimate of drug-likeness (QED) is 0.533. The van der Waals surface area contributed by atoms with Crippen molar-refractivity contribution in [2.45, 2.75) is 13.3 Å². The van der Waals surface area contributed by atoms with Gasteiger partial charge in [-0.3, -0.25) is 9.98 Å². The van der Waals surface area contributed by atoms with Gasteiger partial charge in [0.05, 0.1) is 18.8 Å². The first kappa shape index (κ1) is 6.75. The predicted molar refractivity (Wildman–Crippen MR) is 40.7 cm³/mol. The number of nitrogens with zero attached hydrogens (tertiary/aromatic N) is 2. The summed E-state index contributed by atoms with van der Waals surface area (Å²) >= 11 is 5.70. The molecule has 0 saturated carbocycles. The molecule has 50 valence electrons. The Morgan fingerprint density at radius 2 is 2.11 bits per heavy atom. The minimum absolute atomic E-state index is 0.601. The monoisotopic (exact) mass is 144 g/mol. The highest BCUT2D eigenvalue weighted by molar-refractivity contribution is 6.84. The van der Waals surface area contributed by atoms with Crippen LogP contribution in [0.5, 0.6) is 0 Å². The van der Waals surface area contributed by atoms with E-state index in [4.69, 9.17) is 11.6 Å². The normalized spacial score (nSPS) is 18.9. The Balaban J connectivity index is 2.68. The molecule has 0 aromatic heterocycles. The van der Waals surface area contributed by atoms with E-state index in [1.807, 2.05) is 6.92 Å². The fourth-order valence-corrected chi connectivity index (χ4v) is 1.03. The summed E-state index contributed by atoms with van der Waals surface area (Å²) < 4.78 is 0. The molecule has 0 unspecified atom stereocenters. The Kier molecular flexibility index (Phi) is 2.22. The summed E-state index contributed by atoms with van der Waals surface area (Å²) in [4.78, 5) is 8.22. The van der Waals surface area contributed by atoms with Crippen molar-refractivity contribution in [3.63, 3.8) is 0 Å². The Labute approximate surface area is 59.7 Å². The van der Waals surface area contributed by atoms with Crippen LogP contribution in [0.15, 0.2) is 9.98 Å². The summed E-state index contributed by atoms with van der Waals surface area (Å²) in [5.41, 5.74) is 0.947. The van der Waals surface area contributed by atoms with Crippen LogP contribution in [0.4, 0.5) is 0 Å². The molecule has 0 radical (unpaired) electrons. The van der Waals surface area contributed by atoms with Gasteiger partial charge in [-0.2, -0.15) is 0 Å². The molecule has 1 heterocycles. The maximum absolute atomic E-state index is 5.70. The standard InChI is InChI=1S/C6H9ClN2/c1-2-5-6(7)9-4-3-8-5/h2-4H2,1H3. The molecule has 0 aromatic rings. The molecule has 1 aliphatic heterocycles. The van der Waals surface area contributed by atoms with Crippen LogP contribution in [-0.4, -0.2) is 24.0 Å². The predicted octanol–water partition coefficient (Wildman–Crippen LogP) is 1.49. The van der Waals surface area contributed by atoms with Crippen LogP contribution in [0.25, 0.3) is 0 Å². The molecule has 0 aliphatic carbocycles. The minimum atomic E-state index is 0.601. The van der Waals surface area contributed by atoms with E-state index in [-0.39, 0.29) is 0 Å². The molecule has 0 aromatic carbocycles. The Morgan fingerprint density at radius 1 is 1.44 bits per heavy atom. The molecule has 2 nitrogen and oxygen atoms in total. The van der Waals surface area contributed by atoms with E-state index in [0.717, 1.165) is 25.2 Å². The maximum atomic E-state index is 5.70. The zero-order valence-electron chi connectivity index (χ0n) is 5.39. The average molecular weight is 145 g/mol. The van der Waals surface area contributed by atoms with Crippen molar-refractivity contribution in [1.29, 1.82) is 0 Å². The van der Waals surface area contributed by atoms with Crippen LogP contribution >= 0.6 is 11.6 Å². The van der Waals surface area contributed by atoms with E-state index >= 15 is 0 Å². The molecule has 0 saturated heterocycles. The number of halogens is 1. The molecule has 0 atom stereocenters. The second-order valence-electron chi connectivity index (χ2n) is 1.85. The van der Waals surface area contributed by atoms with Crippen molar-refractivity contribution in [1.82, 2.24) is 0 Å². The van der Waals surface area contributed by atoms with Gasteiger partial charge in [-0.15, -0.1) is 0 Å². The van der Waals surface area contributed by atoms with Crippen LogP contribution in [-0.2, 0) is 0 Å². The molecule has 0 fully saturated rings. The summed E-state index contributed by atoms with van der Waals surface area (Å²) in [6, 6.07) is 0. The number of aliphatic imine (C=N–C) groups is 2. The third kappa shape index (κ3) is 1.52. The van der Waals surface area contributed by atoms with Crippen molar-refractivity contribution >= 4 is 22.5 Å². The first-order valence-electron chi connectivity index (χ1n) is 3.08. The Bertz CT molecular complexity index is 160. The molecular weight excluding hydrogens is 136 g/mol. The smallest absolute Gasteiger partial charge is 0.144 e. The van der Waals surface area contributed by atoms with E-state index < -0.39 is 0 Å². The molecule has 0 spiro atoms. The van der Waals surface area contributed by atoms with Crippen molar-refractivity contribution in [2.24, 2.45) is 9.98 Å². The zero-order valence-corrected chi connectivity index (χ0v) is 6.15. The molecule has 1 rings (SSSR count). The lowest BCUT2D eigenvalue weighted by atomic mass is 10.3. The Hall–Kier alpha value is -0.370. The van der Waals surface area contributed by atoms with Crippen LogP contribution in [0.2, 0.25) is 0 Å². The van der Waals surface area contributed by atoms with Gasteiger partial charge in [0.1, 0.15) is 5.17 Å². The van der Waals surface area contributed by atoms with E-state index in [1.54, 1.807) is 0 Å². The van der Waals surface area contributed by atoms with Crippen LogP contribution in [0.1, 0.15) is 13.3 Å². The van der Waals surface area contributed by atoms with Crippen LogP contribution in [0, 0.1) is 0 Å². The van der Waals surface area contributed by atoms with Gasteiger partial charge < -0.3 is 0 Å². The lowest BCUT2D eigenvalue weighted by molar-refractivity contribution is 0.958. The van der Waals surface area contributed by atoms with E-state index in [2.05, 4.69) is 9.98 Å². The molecule has 0 amide bonds. The molecule has 0 bridgehead atoms. The van der Waals surface area contributed by atoms with E-state index in [0.29, 0.717) is 5.17 Å². The second kappa shape index (κ2) is 2.97. The van der Waals surface area contributed by atoms with Crippen LogP contribution in [0.3, 0.4) is 0 Å². The van der Waals surface area contributed by atoms with Gasteiger partial charge >= 0.3 is 0 Å². The highest BCUT2D eigenvalue weighted by atomic mass is 35.5. The molecule has 0 N–H and O–H groups in total. The van der Waals surface area contributed by atoms with Gasteiger partial charge in [-0.1, -0.05) is 18.5 Å². The summed E-state index contributed by atoms with van der Waals surface area (Å²) in [6.45, 7) is 3.59. The third-order valence-electron chi connectivity index (χ3n) is 1.23. The first-order chi connectivity index (χ1) is 4.34. The fraction of sp³-hybridized carbons (Fsp3) is 0.667. The summed E-state index contributed by atoms with van der Waals surface area (Å²) in [5.74, 6) is 0. The van der Waals surface area contributed by atoms with Gasteiger partial charge in [0.25, 0.3) is 0 Å². The van der Waals surface area contributed by atoms with Crippen molar-refractivity contribution < 1.29 is 0 Å². The van der Waals surface area contributed by atoms with Crippen LogP contribution < -0.4 is 0 Å². The lowest BCUT2D eigenvalue weighted by Gasteiger charge is -2.05. The third-order valence-corrected chi connectivity index (χ3v) is 1.56. The molecular formula is C6H9ClN2.